The highest BCUT2D eigenvalue weighted by atomic mass is 16.6. The van der Waals surface area contributed by atoms with Crippen LogP contribution in [-0.2, 0) is 14.3 Å². The Morgan fingerprint density at radius 3 is 2.45 bits per heavy atom. The molecule has 8 nitrogen and oxygen atoms in total. The average Bonchev–Trinajstić information content (AvgIpc) is 2.71. The van der Waals surface area contributed by atoms with Crippen molar-refractivity contribution in [1.29, 1.82) is 0 Å². The van der Waals surface area contributed by atoms with Gasteiger partial charge in [0.1, 0.15) is 5.60 Å². The van der Waals surface area contributed by atoms with Crippen molar-refractivity contribution >= 4 is 18.0 Å². The molecule has 1 rings (SSSR count). The van der Waals surface area contributed by atoms with Gasteiger partial charge in [0.2, 0.25) is 5.91 Å². The highest BCUT2D eigenvalue weighted by molar-refractivity contribution is 5.85. The molecule has 0 spiro atoms. The van der Waals surface area contributed by atoms with Gasteiger partial charge in [-0.15, -0.1) is 0 Å². The molecule has 1 fully saturated rings. The van der Waals surface area contributed by atoms with E-state index in [1.54, 1.807) is 25.7 Å². The first-order valence-electron chi connectivity index (χ1n) is 7.31. The van der Waals surface area contributed by atoms with Crippen molar-refractivity contribution in [2.75, 3.05) is 26.2 Å². The third-order valence-corrected chi connectivity index (χ3v) is 3.24. The fraction of sp³-hybridized carbons (Fsp3) is 0.786. The van der Waals surface area contributed by atoms with E-state index in [1.807, 2.05) is 6.92 Å². The first-order chi connectivity index (χ1) is 10.1. The Balaban J connectivity index is 2.69. The number of carboxylic acid groups (broad SMARTS) is 1. The lowest BCUT2D eigenvalue weighted by atomic mass is 9.99. The van der Waals surface area contributed by atoms with Crippen LogP contribution in [0, 0.1) is 0 Å². The molecular weight excluding hydrogens is 290 g/mol. The molecule has 1 aliphatic heterocycles. The van der Waals surface area contributed by atoms with Crippen molar-refractivity contribution in [2.24, 2.45) is 0 Å². The van der Waals surface area contributed by atoms with Gasteiger partial charge in [0.25, 0.3) is 0 Å². The van der Waals surface area contributed by atoms with E-state index in [9.17, 15) is 19.5 Å². The molecule has 2 amide bonds. The maximum absolute atomic E-state index is 11.9. The van der Waals surface area contributed by atoms with Gasteiger partial charge < -0.3 is 20.5 Å². The van der Waals surface area contributed by atoms with E-state index in [2.05, 4.69) is 10.6 Å². The second-order valence-electron chi connectivity index (χ2n) is 6.43. The van der Waals surface area contributed by atoms with Gasteiger partial charge in [0, 0.05) is 19.6 Å². The molecule has 3 N–H and O–H groups in total. The molecule has 0 aromatic heterocycles. The van der Waals surface area contributed by atoms with Gasteiger partial charge in [-0.25, -0.2) is 9.59 Å². The van der Waals surface area contributed by atoms with Gasteiger partial charge in [0.15, 0.2) is 5.54 Å². The van der Waals surface area contributed by atoms with Gasteiger partial charge in [-0.1, -0.05) is 0 Å². The van der Waals surface area contributed by atoms with Crippen LogP contribution < -0.4 is 10.6 Å². The summed E-state index contributed by atoms with van der Waals surface area (Å²) in [5, 5.41) is 14.6. The zero-order chi connectivity index (χ0) is 17.0. The average molecular weight is 315 g/mol. The minimum Gasteiger partial charge on any atom is -0.479 e. The molecule has 1 unspecified atom stereocenters. The number of likely N-dealkylation sites (N-methyl/N-ethyl adjacent to an activating group) is 1. The molecular formula is C14H25N3O5. The van der Waals surface area contributed by atoms with Crippen LogP contribution in [0.2, 0.25) is 0 Å². The first kappa shape index (κ1) is 18.2. The predicted molar refractivity (Wildman–Crippen MR) is 79.5 cm³/mol. The molecule has 0 bridgehead atoms. The van der Waals surface area contributed by atoms with Gasteiger partial charge in [-0.05, 0) is 34.1 Å². The molecule has 0 aromatic carbocycles. The standard InChI is InChI=1S/C14H25N3O5/c1-5-15-10(18)8-17-7-6-14(9-17,11(19)20)16-12(21)22-13(2,3)4/h5-9H2,1-4H3,(H,15,18)(H,16,21)(H,19,20). The van der Waals surface area contributed by atoms with Crippen LogP contribution >= 0.6 is 0 Å². The van der Waals surface area contributed by atoms with Crippen molar-refractivity contribution in [3.8, 4) is 0 Å². The maximum Gasteiger partial charge on any atom is 0.408 e. The van der Waals surface area contributed by atoms with E-state index in [0.717, 1.165) is 0 Å². The Hall–Kier alpha value is -1.83. The number of alkyl carbamates (subject to hydrolysis) is 1. The van der Waals surface area contributed by atoms with Crippen molar-refractivity contribution in [3.63, 3.8) is 0 Å². The number of likely N-dealkylation sites (tertiary alicyclic amines) is 1. The number of hydrogen-bond donors (Lipinski definition) is 3. The first-order valence-corrected chi connectivity index (χ1v) is 7.31. The largest absolute Gasteiger partial charge is 0.479 e. The Labute approximate surface area is 130 Å². The van der Waals surface area contributed by atoms with Crippen LogP contribution in [0.4, 0.5) is 4.79 Å². The summed E-state index contributed by atoms with van der Waals surface area (Å²) in [4.78, 5) is 36.7. The summed E-state index contributed by atoms with van der Waals surface area (Å²) < 4.78 is 5.12. The SMILES string of the molecule is CCNC(=O)CN1CCC(NC(=O)OC(C)(C)C)(C(=O)O)C1. The zero-order valence-electron chi connectivity index (χ0n) is 13.6. The van der Waals surface area contributed by atoms with Crippen molar-refractivity contribution in [3.05, 3.63) is 0 Å². The number of nitrogens with one attached hydrogen (secondary N) is 2. The summed E-state index contributed by atoms with van der Waals surface area (Å²) in [5.41, 5.74) is -2.13. The van der Waals surface area contributed by atoms with Crippen LogP contribution in [0.25, 0.3) is 0 Å². The van der Waals surface area contributed by atoms with Crippen LogP contribution in [-0.4, -0.2) is 65.3 Å². The highest BCUT2D eigenvalue weighted by Gasteiger charge is 2.47. The second-order valence-corrected chi connectivity index (χ2v) is 6.43. The van der Waals surface area contributed by atoms with E-state index in [0.29, 0.717) is 13.1 Å². The number of ether oxygens (including phenoxy) is 1. The van der Waals surface area contributed by atoms with Crippen LogP contribution in [0.15, 0.2) is 0 Å². The molecule has 0 radical (unpaired) electrons. The van der Waals surface area contributed by atoms with E-state index in [1.165, 1.54) is 0 Å². The molecule has 126 valence electrons. The fourth-order valence-corrected chi connectivity index (χ4v) is 2.31. The van der Waals surface area contributed by atoms with Crippen molar-refractivity contribution < 1.29 is 24.2 Å². The minimum atomic E-state index is -1.42. The maximum atomic E-state index is 11.9. The molecule has 22 heavy (non-hydrogen) atoms. The van der Waals surface area contributed by atoms with Crippen LogP contribution in [0.5, 0.6) is 0 Å². The van der Waals surface area contributed by atoms with Gasteiger partial charge in [-0.3, -0.25) is 9.69 Å². The molecule has 1 heterocycles. The predicted octanol–water partition coefficient (Wildman–Crippen LogP) is 0.176. The van der Waals surface area contributed by atoms with Crippen molar-refractivity contribution in [1.82, 2.24) is 15.5 Å². The van der Waals surface area contributed by atoms with E-state index in [4.69, 9.17) is 4.74 Å². The number of nitrogens with zero attached hydrogens (tertiary/aromatic N) is 1. The summed E-state index contributed by atoms with van der Waals surface area (Å²) in [6, 6.07) is 0. The van der Waals surface area contributed by atoms with E-state index in [-0.39, 0.29) is 25.4 Å². The fourth-order valence-electron chi connectivity index (χ4n) is 2.31. The lowest BCUT2D eigenvalue weighted by Gasteiger charge is -2.28. The Morgan fingerprint density at radius 2 is 1.95 bits per heavy atom. The summed E-state index contributed by atoms with van der Waals surface area (Å²) >= 11 is 0. The highest BCUT2D eigenvalue weighted by Crippen LogP contribution is 2.22. The summed E-state index contributed by atoms with van der Waals surface area (Å²) in [6.45, 7) is 8.04. The van der Waals surface area contributed by atoms with Crippen LogP contribution in [0.1, 0.15) is 34.1 Å². The number of aliphatic carboxylic acids is 1. The third-order valence-electron chi connectivity index (χ3n) is 3.24. The normalized spacial score (nSPS) is 22.2. The van der Waals surface area contributed by atoms with Crippen molar-refractivity contribution in [2.45, 2.75) is 45.3 Å². The van der Waals surface area contributed by atoms with Crippen LogP contribution in [0.3, 0.4) is 0 Å². The van der Waals surface area contributed by atoms with E-state index < -0.39 is 23.2 Å². The molecule has 1 aliphatic rings. The lowest BCUT2D eigenvalue weighted by Crippen LogP contribution is -2.57. The van der Waals surface area contributed by atoms with Gasteiger partial charge >= 0.3 is 12.1 Å². The third kappa shape index (κ3) is 5.18. The molecule has 1 saturated heterocycles. The minimum absolute atomic E-state index is 0.0682. The molecule has 0 aliphatic carbocycles. The Morgan fingerprint density at radius 1 is 1.32 bits per heavy atom. The topological polar surface area (TPSA) is 108 Å². The monoisotopic (exact) mass is 315 g/mol. The summed E-state index contributed by atoms with van der Waals surface area (Å²) in [5.74, 6) is -1.29. The summed E-state index contributed by atoms with van der Waals surface area (Å²) in [6.07, 6.45) is -0.546. The number of rotatable bonds is 5. The molecule has 8 heteroatoms. The number of carboxylic acids is 1. The molecule has 0 aromatic rings. The van der Waals surface area contributed by atoms with Gasteiger partial charge in [-0.2, -0.15) is 0 Å². The number of amides is 2. The Bertz CT molecular complexity index is 446. The summed E-state index contributed by atoms with van der Waals surface area (Å²) in [7, 11) is 0. The quantitative estimate of drug-likeness (QED) is 0.668. The zero-order valence-corrected chi connectivity index (χ0v) is 13.6. The molecule has 0 saturated carbocycles. The van der Waals surface area contributed by atoms with E-state index >= 15 is 0 Å². The van der Waals surface area contributed by atoms with Gasteiger partial charge in [0.05, 0.1) is 6.54 Å². The number of carbonyl (C=O) groups excluding carboxylic acids is 2. The number of hydrogen-bond acceptors (Lipinski definition) is 5. The lowest BCUT2D eigenvalue weighted by molar-refractivity contribution is -0.144. The number of carbonyl (C=O) groups is 3. The molecule has 1 atom stereocenters. The Kier molecular flexibility index (Phi) is 5.76. The second kappa shape index (κ2) is 6.95. The smallest absolute Gasteiger partial charge is 0.408 e.